The summed E-state index contributed by atoms with van der Waals surface area (Å²) >= 11 is 3.64. The van der Waals surface area contributed by atoms with E-state index in [2.05, 4.69) is 20.9 Å². The molecule has 2 N–H and O–H groups in total. The molecule has 12 nitrogen and oxygen atoms in total. The molecule has 2 amide bonds. The van der Waals surface area contributed by atoms with E-state index < -0.39 is 28.7 Å². The second kappa shape index (κ2) is 22.0. The molecule has 0 rings (SSSR count). The molecule has 42 heavy (non-hydrogen) atoms. The molecule has 0 fully saturated rings. The van der Waals surface area contributed by atoms with E-state index in [9.17, 15) is 9.59 Å². The van der Waals surface area contributed by atoms with Gasteiger partial charge in [0, 0.05) is 67.8 Å². The second-order valence-corrected chi connectivity index (χ2v) is 19.2. The molecule has 0 aliphatic rings. The van der Waals surface area contributed by atoms with Crippen LogP contribution in [0.1, 0.15) is 53.4 Å². The Balaban J connectivity index is 4.26. The van der Waals surface area contributed by atoms with Crippen LogP contribution in [-0.4, -0.2) is 119 Å². The predicted molar refractivity (Wildman–Crippen MR) is 175 cm³/mol. The highest BCUT2D eigenvalue weighted by molar-refractivity contribution is 7.99. The monoisotopic (exact) mass is 672 g/mol. The van der Waals surface area contributed by atoms with Crippen molar-refractivity contribution in [1.82, 2.24) is 10.6 Å². The molecule has 0 aromatic carbocycles. The Kier molecular flexibility index (Phi) is 21.7. The Hall–Kier alpha value is -0.566. The fraction of sp³-hybridized carbons (Fsp3) is 0.923. The molecular weight excluding hydrogens is 617 g/mol. The molecule has 0 saturated carbocycles. The van der Waals surface area contributed by atoms with Crippen molar-refractivity contribution in [3.8, 4) is 0 Å². The van der Waals surface area contributed by atoms with E-state index in [0.29, 0.717) is 13.1 Å². The number of nitrogens with zero attached hydrogens (tertiary/aromatic N) is 2. The maximum Gasteiger partial charge on any atom is 0.500 e. The van der Waals surface area contributed by atoms with Gasteiger partial charge in [-0.25, -0.2) is 0 Å². The van der Waals surface area contributed by atoms with Crippen molar-refractivity contribution in [1.29, 1.82) is 0 Å². The predicted octanol–water partition coefficient (Wildman–Crippen LogP) is 4.01. The topological polar surface area (TPSA) is 138 Å². The van der Waals surface area contributed by atoms with Gasteiger partial charge >= 0.3 is 17.6 Å². The smallest absolute Gasteiger partial charge is 0.377 e. The van der Waals surface area contributed by atoms with Gasteiger partial charge in [0.2, 0.25) is 11.8 Å². The van der Waals surface area contributed by atoms with Crippen LogP contribution in [0.5, 0.6) is 0 Å². The quantitative estimate of drug-likeness (QED) is 0.0788. The van der Waals surface area contributed by atoms with Gasteiger partial charge in [0.1, 0.15) is 0 Å². The molecule has 0 atom stereocenters. The Morgan fingerprint density at radius 3 is 1.14 bits per heavy atom. The Bertz CT molecular complexity index is 711. The van der Waals surface area contributed by atoms with Crippen molar-refractivity contribution in [2.75, 3.05) is 78.8 Å². The highest BCUT2D eigenvalue weighted by atomic mass is 32.2. The van der Waals surface area contributed by atoms with E-state index in [1.807, 2.05) is 23.5 Å². The summed E-state index contributed by atoms with van der Waals surface area (Å²) in [5.74, 6) is 3.34. The van der Waals surface area contributed by atoms with E-state index in [-0.39, 0.29) is 11.8 Å². The summed E-state index contributed by atoms with van der Waals surface area (Å²) in [6, 6.07) is 1.55. The third kappa shape index (κ3) is 15.9. The lowest BCUT2D eigenvalue weighted by molar-refractivity contribution is -0.127. The molecule has 0 spiro atoms. The average Bonchev–Trinajstić information content (AvgIpc) is 2.99. The molecular formula is C26H56N4O8S2Si2. The first-order chi connectivity index (χ1) is 19.8. The lowest BCUT2D eigenvalue weighted by Crippen LogP contribution is -2.44. The molecule has 0 aromatic heterocycles. The van der Waals surface area contributed by atoms with Crippen LogP contribution in [0.3, 0.4) is 0 Å². The first-order valence-electron chi connectivity index (χ1n) is 14.3. The van der Waals surface area contributed by atoms with Gasteiger partial charge in [-0.2, -0.15) is 33.8 Å². The fourth-order valence-electron chi connectivity index (χ4n) is 3.62. The van der Waals surface area contributed by atoms with E-state index >= 15 is 0 Å². The highest BCUT2D eigenvalue weighted by Gasteiger charge is 2.37. The van der Waals surface area contributed by atoms with Crippen LogP contribution in [-0.2, 0) is 36.1 Å². The van der Waals surface area contributed by atoms with Crippen LogP contribution < -0.4 is 10.6 Å². The third-order valence-corrected chi connectivity index (χ3v) is 14.5. The number of azo groups is 1. The van der Waals surface area contributed by atoms with Gasteiger partial charge < -0.3 is 37.2 Å². The number of carbonyl (C=O) groups excluding carboxylic acids is 2. The van der Waals surface area contributed by atoms with Gasteiger partial charge in [0.05, 0.1) is 0 Å². The lowest BCUT2D eigenvalue weighted by Gasteiger charge is -2.24. The van der Waals surface area contributed by atoms with Crippen molar-refractivity contribution < 1.29 is 36.1 Å². The number of thioether (sulfide) groups is 2. The minimum atomic E-state index is -2.50. The van der Waals surface area contributed by atoms with Crippen molar-refractivity contribution in [3.05, 3.63) is 0 Å². The molecule has 0 unspecified atom stereocenters. The number of amides is 2. The summed E-state index contributed by atoms with van der Waals surface area (Å²) in [7, 11) is 4.73. The Morgan fingerprint density at radius 2 is 0.857 bits per heavy atom. The van der Waals surface area contributed by atoms with E-state index in [0.717, 1.165) is 60.8 Å². The molecule has 0 saturated heterocycles. The minimum Gasteiger partial charge on any atom is -0.377 e. The van der Waals surface area contributed by atoms with Gasteiger partial charge in [-0.1, -0.05) is 0 Å². The van der Waals surface area contributed by atoms with Crippen LogP contribution in [0.25, 0.3) is 0 Å². The molecule has 0 heterocycles. The van der Waals surface area contributed by atoms with Crippen molar-refractivity contribution in [2.24, 2.45) is 10.2 Å². The maximum absolute atomic E-state index is 12.7. The minimum absolute atomic E-state index is 0.220. The number of rotatable bonds is 26. The lowest BCUT2D eigenvalue weighted by atomic mass is 10.0. The third-order valence-electron chi connectivity index (χ3n) is 6.57. The molecule has 248 valence electrons. The molecule has 0 aliphatic heterocycles. The normalized spacial score (nSPS) is 13.1. The number of nitrogens with one attached hydrogen (secondary N) is 2. The molecule has 16 heteroatoms. The molecule has 0 aromatic rings. The largest absolute Gasteiger partial charge is 0.500 e. The standard InChI is InChI=1S/C26H56N4O8S2Si2/c1-25(2,23(31)27-15-11-17-39-19-13-21-41(33-5,34-6)35-7)29-30-26(3,4)24(32)28-16-12-18-40-20-14-22-42(36-8,37-9)38-10/h11-22H2,1-10H3,(H,27,31)(H,28,32)/b30-29+. The van der Waals surface area contributed by atoms with Gasteiger partial charge in [0.15, 0.2) is 11.1 Å². The van der Waals surface area contributed by atoms with Crippen LogP contribution in [0.4, 0.5) is 0 Å². The fourth-order valence-corrected chi connectivity index (χ4v) is 9.38. The van der Waals surface area contributed by atoms with Crippen LogP contribution in [0.2, 0.25) is 12.1 Å². The van der Waals surface area contributed by atoms with E-state index in [4.69, 9.17) is 26.6 Å². The number of hydrogen-bond donors (Lipinski definition) is 2. The van der Waals surface area contributed by atoms with Gasteiger partial charge in [-0.15, -0.1) is 0 Å². The van der Waals surface area contributed by atoms with Gasteiger partial charge in [-0.05, 0) is 76.4 Å². The zero-order chi connectivity index (χ0) is 32.1. The summed E-state index contributed by atoms with van der Waals surface area (Å²) in [4.78, 5) is 25.4. The number of carbonyl (C=O) groups is 2. The first-order valence-corrected chi connectivity index (χ1v) is 20.5. The van der Waals surface area contributed by atoms with Gasteiger partial charge in [0.25, 0.3) is 0 Å². The average molecular weight is 673 g/mol. The van der Waals surface area contributed by atoms with Crippen LogP contribution in [0, 0.1) is 0 Å². The summed E-state index contributed by atoms with van der Waals surface area (Å²) < 4.78 is 32.6. The molecule has 0 radical (unpaired) electrons. The van der Waals surface area contributed by atoms with Crippen LogP contribution >= 0.6 is 23.5 Å². The van der Waals surface area contributed by atoms with E-state index in [1.54, 1.807) is 70.4 Å². The first kappa shape index (κ1) is 41.4. The van der Waals surface area contributed by atoms with Crippen molar-refractivity contribution in [2.45, 2.75) is 76.5 Å². The summed E-state index contributed by atoms with van der Waals surface area (Å²) in [6.45, 7) is 7.88. The van der Waals surface area contributed by atoms with E-state index in [1.165, 1.54) is 0 Å². The summed E-state index contributed by atoms with van der Waals surface area (Å²) in [6.07, 6.45) is 3.56. The molecule has 0 aliphatic carbocycles. The summed E-state index contributed by atoms with van der Waals surface area (Å²) in [5.41, 5.74) is -2.16. The SMILES string of the molecule is CO[Si](CCCSCCCNC(=O)C(C)(C)/N=N/C(C)(C)C(=O)NCCCSCCC[Si](OC)(OC)OC)(OC)OC. The van der Waals surface area contributed by atoms with Crippen LogP contribution in [0.15, 0.2) is 10.2 Å². The number of hydrogen-bond acceptors (Lipinski definition) is 12. The van der Waals surface area contributed by atoms with Crippen molar-refractivity contribution >= 4 is 52.9 Å². The molecule has 0 bridgehead atoms. The second-order valence-electron chi connectivity index (χ2n) is 10.6. The maximum atomic E-state index is 12.7. The zero-order valence-corrected chi connectivity index (χ0v) is 31.1. The zero-order valence-electron chi connectivity index (χ0n) is 27.5. The Labute approximate surface area is 264 Å². The highest BCUT2D eigenvalue weighted by Crippen LogP contribution is 2.20. The summed E-state index contributed by atoms with van der Waals surface area (Å²) in [5, 5.41) is 14.3. The van der Waals surface area contributed by atoms with Gasteiger partial charge in [-0.3, -0.25) is 9.59 Å². The van der Waals surface area contributed by atoms with Crippen molar-refractivity contribution in [3.63, 3.8) is 0 Å². The Morgan fingerprint density at radius 1 is 0.571 bits per heavy atom.